The van der Waals surface area contributed by atoms with Crippen LogP contribution in [0.5, 0.6) is 11.5 Å². The number of fused-ring (bicyclic) bond motifs is 1. The predicted octanol–water partition coefficient (Wildman–Crippen LogP) is 4.40. The quantitative estimate of drug-likeness (QED) is 0.716. The molecule has 2 aromatic carbocycles. The monoisotopic (exact) mass is 378 g/mol. The first kappa shape index (κ1) is 18.4. The van der Waals surface area contributed by atoms with Crippen LogP contribution in [0.25, 0.3) is 10.9 Å². The van der Waals surface area contributed by atoms with Crippen molar-refractivity contribution in [1.82, 2.24) is 9.88 Å². The molecule has 0 radical (unpaired) electrons. The molecule has 1 fully saturated rings. The number of nitrogens with zero attached hydrogens (tertiary/aromatic N) is 1. The van der Waals surface area contributed by atoms with E-state index in [4.69, 9.17) is 9.47 Å². The van der Waals surface area contributed by atoms with Crippen molar-refractivity contribution in [3.63, 3.8) is 0 Å². The average molecular weight is 378 g/mol. The summed E-state index contributed by atoms with van der Waals surface area (Å²) in [5, 5.41) is 1.13. The van der Waals surface area contributed by atoms with Gasteiger partial charge in [-0.1, -0.05) is 24.3 Å². The smallest absolute Gasteiger partial charge is 0.227 e. The third-order valence-corrected chi connectivity index (χ3v) is 5.72. The summed E-state index contributed by atoms with van der Waals surface area (Å²) in [6.45, 7) is 2.83. The fourth-order valence-electron chi connectivity index (χ4n) is 4.29. The van der Waals surface area contributed by atoms with Crippen LogP contribution in [-0.4, -0.2) is 36.6 Å². The van der Waals surface area contributed by atoms with E-state index in [9.17, 15) is 4.79 Å². The van der Waals surface area contributed by atoms with Crippen LogP contribution in [0.15, 0.2) is 42.5 Å². The molecule has 2 heterocycles. The number of methoxy groups -OCH3 is 2. The number of aryl methyl sites for hydroxylation is 1. The van der Waals surface area contributed by atoms with Crippen molar-refractivity contribution in [2.75, 3.05) is 20.8 Å². The molecule has 1 aliphatic heterocycles. The summed E-state index contributed by atoms with van der Waals surface area (Å²) in [4.78, 5) is 18.6. The number of amides is 1. The summed E-state index contributed by atoms with van der Waals surface area (Å²) in [5.41, 5.74) is 4.34. The number of carbonyl (C=O) groups is 1. The van der Waals surface area contributed by atoms with Crippen molar-refractivity contribution in [2.45, 2.75) is 32.2 Å². The summed E-state index contributed by atoms with van der Waals surface area (Å²) < 4.78 is 10.8. The van der Waals surface area contributed by atoms with Crippen LogP contribution < -0.4 is 9.47 Å². The van der Waals surface area contributed by atoms with Gasteiger partial charge in [0.15, 0.2) is 11.5 Å². The van der Waals surface area contributed by atoms with Gasteiger partial charge in [-0.2, -0.15) is 0 Å². The van der Waals surface area contributed by atoms with Gasteiger partial charge in [-0.3, -0.25) is 4.79 Å². The van der Waals surface area contributed by atoms with Crippen molar-refractivity contribution in [2.24, 2.45) is 0 Å². The fourth-order valence-corrected chi connectivity index (χ4v) is 4.29. The number of nitrogens with one attached hydrogen (secondary N) is 1. The molecule has 146 valence electrons. The topological polar surface area (TPSA) is 54.6 Å². The Labute approximate surface area is 165 Å². The van der Waals surface area contributed by atoms with Gasteiger partial charge in [0.2, 0.25) is 5.91 Å². The summed E-state index contributed by atoms with van der Waals surface area (Å²) >= 11 is 0. The SMILES string of the molecule is COc1ccc(C2CCCN2C(=O)Cc2c(C)[nH]c3ccccc23)cc1OC. The van der Waals surface area contributed by atoms with Crippen molar-refractivity contribution in [3.05, 3.63) is 59.3 Å². The Morgan fingerprint density at radius 2 is 1.93 bits per heavy atom. The van der Waals surface area contributed by atoms with E-state index < -0.39 is 0 Å². The molecule has 0 bridgehead atoms. The lowest BCUT2D eigenvalue weighted by Crippen LogP contribution is -2.32. The van der Waals surface area contributed by atoms with Crippen LogP contribution in [0.3, 0.4) is 0 Å². The van der Waals surface area contributed by atoms with Crippen LogP contribution in [-0.2, 0) is 11.2 Å². The Bertz CT molecular complexity index is 1010. The molecule has 1 atom stereocenters. The first-order valence-electron chi connectivity index (χ1n) is 9.70. The van der Waals surface area contributed by atoms with Crippen LogP contribution >= 0.6 is 0 Å². The van der Waals surface area contributed by atoms with E-state index >= 15 is 0 Å². The van der Waals surface area contributed by atoms with Crippen molar-refractivity contribution in [3.8, 4) is 11.5 Å². The maximum atomic E-state index is 13.2. The number of ether oxygens (including phenoxy) is 2. The van der Waals surface area contributed by atoms with Gasteiger partial charge >= 0.3 is 0 Å². The molecule has 28 heavy (non-hydrogen) atoms. The van der Waals surface area contributed by atoms with E-state index in [1.807, 2.05) is 42.2 Å². The lowest BCUT2D eigenvalue weighted by molar-refractivity contribution is -0.131. The van der Waals surface area contributed by atoms with E-state index in [0.717, 1.165) is 47.1 Å². The highest BCUT2D eigenvalue weighted by molar-refractivity contribution is 5.90. The minimum absolute atomic E-state index is 0.0813. The molecule has 1 saturated heterocycles. The van der Waals surface area contributed by atoms with Gasteiger partial charge in [0, 0.05) is 23.1 Å². The molecule has 0 spiro atoms. The van der Waals surface area contributed by atoms with Crippen LogP contribution in [0.2, 0.25) is 0 Å². The maximum absolute atomic E-state index is 13.2. The first-order chi connectivity index (χ1) is 13.6. The third-order valence-electron chi connectivity index (χ3n) is 5.72. The molecule has 5 heteroatoms. The first-order valence-corrected chi connectivity index (χ1v) is 9.70. The van der Waals surface area contributed by atoms with Gasteiger partial charge in [-0.25, -0.2) is 0 Å². The highest BCUT2D eigenvalue weighted by Crippen LogP contribution is 2.37. The zero-order valence-electron chi connectivity index (χ0n) is 16.6. The second kappa shape index (κ2) is 7.58. The third kappa shape index (κ3) is 3.21. The molecule has 1 unspecified atom stereocenters. The largest absolute Gasteiger partial charge is 0.493 e. The van der Waals surface area contributed by atoms with Gasteiger partial charge in [-0.05, 0) is 49.1 Å². The van der Waals surface area contributed by atoms with Crippen molar-refractivity contribution >= 4 is 16.8 Å². The van der Waals surface area contributed by atoms with E-state index in [-0.39, 0.29) is 11.9 Å². The molecular formula is C23H26N2O3. The number of para-hydroxylation sites is 1. The number of aromatic amines is 1. The van der Waals surface area contributed by atoms with Crippen LogP contribution in [0.1, 0.15) is 35.7 Å². The second-order valence-corrected chi connectivity index (χ2v) is 7.31. The molecule has 1 aliphatic rings. The molecule has 3 aromatic rings. The zero-order chi connectivity index (χ0) is 19.7. The highest BCUT2D eigenvalue weighted by atomic mass is 16.5. The Hall–Kier alpha value is -2.95. The molecule has 1 aromatic heterocycles. The number of hydrogen-bond acceptors (Lipinski definition) is 3. The summed E-state index contributed by atoms with van der Waals surface area (Å²) in [7, 11) is 3.27. The standard InChI is InChI=1S/C23H26N2O3/c1-15-18(17-7-4-5-8-19(17)24-15)14-23(26)25-12-6-9-20(25)16-10-11-21(27-2)22(13-16)28-3/h4-5,7-8,10-11,13,20,24H,6,9,12,14H2,1-3H3. The number of H-pyrrole nitrogens is 1. The van der Waals surface area contributed by atoms with Gasteiger partial charge in [0.05, 0.1) is 26.7 Å². The Balaban J connectivity index is 1.59. The average Bonchev–Trinajstić information content (AvgIpc) is 3.32. The molecule has 1 amide bonds. The lowest BCUT2D eigenvalue weighted by Gasteiger charge is -2.26. The minimum atomic E-state index is 0.0813. The second-order valence-electron chi connectivity index (χ2n) is 7.31. The summed E-state index contributed by atoms with van der Waals surface area (Å²) in [6, 6.07) is 14.2. The normalized spacial score (nSPS) is 16.5. The highest BCUT2D eigenvalue weighted by Gasteiger charge is 2.31. The molecule has 1 N–H and O–H groups in total. The number of likely N-dealkylation sites (tertiary alicyclic amines) is 1. The van der Waals surface area contributed by atoms with Gasteiger partial charge < -0.3 is 19.4 Å². The maximum Gasteiger partial charge on any atom is 0.227 e. The number of carbonyl (C=O) groups excluding carboxylic acids is 1. The number of rotatable bonds is 5. The van der Waals surface area contributed by atoms with E-state index in [0.29, 0.717) is 17.9 Å². The lowest BCUT2D eigenvalue weighted by atomic mass is 10.0. The molecule has 4 rings (SSSR count). The van der Waals surface area contributed by atoms with Crippen molar-refractivity contribution < 1.29 is 14.3 Å². The van der Waals surface area contributed by atoms with Crippen LogP contribution in [0.4, 0.5) is 0 Å². The number of aromatic nitrogens is 1. The summed E-state index contributed by atoms with van der Waals surface area (Å²) in [6.07, 6.45) is 2.39. The Morgan fingerprint density at radius 1 is 1.14 bits per heavy atom. The Morgan fingerprint density at radius 3 is 2.71 bits per heavy atom. The van der Waals surface area contributed by atoms with E-state index in [1.54, 1.807) is 14.2 Å². The van der Waals surface area contributed by atoms with E-state index in [2.05, 4.69) is 17.1 Å². The fraction of sp³-hybridized carbons (Fsp3) is 0.348. The number of benzene rings is 2. The predicted molar refractivity (Wildman–Crippen MR) is 110 cm³/mol. The minimum Gasteiger partial charge on any atom is -0.493 e. The van der Waals surface area contributed by atoms with Crippen LogP contribution in [0, 0.1) is 6.92 Å². The van der Waals surface area contributed by atoms with Gasteiger partial charge in [-0.15, -0.1) is 0 Å². The Kier molecular flexibility index (Phi) is 4.99. The molecule has 0 saturated carbocycles. The zero-order valence-corrected chi connectivity index (χ0v) is 16.6. The van der Waals surface area contributed by atoms with Gasteiger partial charge in [0.25, 0.3) is 0 Å². The van der Waals surface area contributed by atoms with Crippen molar-refractivity contribution in [1.29, 1.82) is 0 Å². The van der Waals surface area contributed by atoms with E-state index in [1.165, 1.54) is 0 Å². The van der Waals surface area contributed by atoms with Gasteiger partial charge in [0.1, 0.15) is 0 Å². The molecular weight excluding hydrogens is 352 g/mol. The molecule has 0 aliphatic carbocycles. The molecule has 5 nitrogen and oxygen atoms in total. The summed E-state index contributed by atoms with van der Waals surface area (Å²) in [5.74, 6) is 1.58. The number of hydrogen-bond donors (Lipinski definition) is 1.